The van der Waals surface area contributed by atoms with E-state index in [9.17, 15) is 4.79 Å². The van der Waals surface area contributed by atoms with E-state index in [1.165, 1.54) is 24.8 Å². The van der Waals surface area contributed by atoms with Gasteiger partial charge in [-0.3, -0.25) is 4.79 Å². The Morgan fingerprint density at radius 2 is 1.88 bits per heavy atom. The van der Waals surface area contributed by atoms with E-state index in [2.05, 4.69) is 40.5 Å². The van der Waals surface area contributed by atoms with E-state index in [-0.39, 0.29) is 5.91 Å². The lowest BCUT2D eigenvalue weighted by atomic mass is 9.90. The minimum absolute atomic E-state index is 0.0599. The fourth-order valence-corrected chi connectivity index (χ4v) is 3.55. The number of piperidine rings is 1. The second-order valence-electron chi connectivity index (χ2n) is 7.00. The number of methoxy groups -OCH3 is 1. The second kappa shape index (κ2) is 9.39. The highest BCUT2D eigenvalue weighted by molar-refractivity contribution is 5.91. The lowest BCUT2D eigenvalue weighted by Gasteiger charge is -2.31. The van der Waals surface area contributed by atoms with Crippen LogP contribution in [0.5, 0.6) is 5.75 Å². The maximum atomic E-state index is 12.2. The van der Waals surface area contributed by atoms with Crippen LogP contribution in [0.1, 0.15) is 24.8 Å². The number of hydrogen-bond donors (Lipinski definition) is 1. The zero-order chi connectivity index (χ0) is 18.2. The average Bonchev–Trinajstić information content (AvgIpc) is 2.68. The van der Waals surface area contributed by atoms with Crippen molar-refractivity contribution >= 4 is 11.6 Å². The lowest BCUT2D eigenvalue weighted by molar-refractivity contribution is -0.116. The highest BCUT2D eigenvalue weighted by Gasteiger charge is 2.19. The summed E-state index contributed by atoms with van der Waals surface area (Å²) in [5.74, 6) is 1.58. The smallest absolute Gasteiger partial charge is 0.225 e. The van der Waals surface area contributed by atoms with Gasteiger partial charge in [0.1, 0.15) is 5.75 Å². The molecule has 1 saturated heterocycles. The molecule has 1 aliphatic rings. The standard InChI is InChI=1S/C22H28N2O2/c1-26-21-9-5-8-20(17-21)23-22(25)12-15-24-13-10-19(11-14-24)16-18-6-3-2-4-7-18/h2-9,17,19H,10-16H2,1H3,(H,23,25). The van der Waals surface area contributed by atoms with Crippen molar-refractivity contribution in [2.75, 3.05) is 32.1 Å². The van der Waals surface area contributed by atoms with Crippen LogP contribution in [0.15, 0.2) is 54.6 Å². The molecule has 0 radical (unpaired) electrons. The molecule has 4 heteroatoms. The van der Waals surface area contributed by atoms with Crippen molar-refractivity contribution in [2.45, 2.75) is 25.7 Å². The van der Waals surface area contributed by atoms with Crippen molar-refractivity contribution in [2.24, 2.45) is 5.92 Å². The molecular weight excluding hydrogens is 324 g/mol. The highest BCUT2D eigenvalue weighted by Crippen LogP contribution is 2.22. The molecule has 1 N–H and O–H groups in total. The highest BCUT2D eigenvalue weighted by atomic mass is 16.5. The molecule has 26 heavy (non-hydrogen) atoms. The molecule has 0 saturated carbocycles. The predicted octanol–water partition coefficient (Wildman–Crippen LogP) is 3.98. The summed E-state index contributed by atoms with van der Waals surface area (Å²) in [5.41, 5.74) is 2.22. The fourth-order valence-electron chi connectivity index (χ4n) is 3.55. The number of rotatable bonds is 7. The monoisotopic (exact) mass is 352 g/mol. The van der Waals surface area contributed by atoms with Crippen LogP contribution < -0.4 is 10.1 Å². The molecule has 138 valence electrons. The third-order valence-corrected chi connectivity index (χ3v) is 5.08. The molecule has 2 aromatic carbocycles. The van der Waals surface area contributed by atoms with Gasteiger partial charge in [0.25, 0.3) is 0 Å². The molecule has 0 bridgehead atoms. The number of nitrogens with one attached hydrogen (secondary N) is 1. The summed E-state index contributed by atoms with van der Waals surface area (Å²) >= 11 is 0. The van der Waals surface area contributed by atoms with Gasteiger partial charge in [-0.2, -0.15) is 0 Å². The largest absolute Gasteiger partial charge is 0.497 e. The second-order valence-corrected chi connectivity index (χ2v) is 7.00. The Labute approximate surface area is 156 Å². The van der Waals surface area contributed by atoms with Crippen molar-refractivity contribution in [3.8, 4) is 5.75 Å². The Balaban J connectivity index is 1.37. The Kier molecular flexibility index (Phi) is 6.67. The summed E-state index contributed by atoms with van der Waals surface area (Å²) < 4.78 is 5.18. The number of hydrogen-bond acceptors (Lipinski definition) is 3. The number of carbonyl (C=O) groups excluding carboxylic acids is 1. The van der Waals surface area contributed by atoms with Gasteiger partial charge in [0.15, 0.2) is 0 Å². The van der Waals surface area contributed by atoms with Crippen molar-refractivity contribution < 1.29 is 9.53 Å². The first kappa shape index (κ1) is 18.5. The summed E-state index contributed by atoms with van der Waals surface area (Å²) in [6.45, 7) is 3.00. The Bertz CT molecular complexity index is 694. The molecule has 4 nitrogen and oxygen atoms in total. The molecular formula is C22H28N2O2. The van der Waals surface area contributed by atoms with Crippen LogP contribution in [0, 0.1) is 5.92 Å². The Morgan fingerprint density at radius 1 is 1.12 bits per heavy atom. The van der Waals surface area contributed by atoms with Crippen LogP contribution in [0.3, 0.4) is 0 Å². The molecule has 2 aromatic rings. The van der Waals surface area contributed by atoms with E-state index in [0.717, 1.165) is 37.0 Å². The number of likely N-dealkylation sites (tertiary alicyclic amines) is 1. The topological polar surface area (TPSA) is 41.6 Å². The first-order valence-corrected chi connectivity index (χ1v) is 9.43. The number of benzene rings is 2. The van der Waals surface area contributed by atoms with Crippen molar-refractivity contribution in [1.29, 1.82) is 0 Å². The van der Waals surface area contributed by atoms with Crippen LogP contribution in [0.2, 0.25) is 0 Å². The molecule has 0 unspecified atom stereocenters. The molecule has 1 heterocycles. The van der Waals surface area contributed by atoms with Crippen LogP contribution >= 0.6 is 0 Å². The third kappa shape index (κ3) is 5.60. The zero-order valence-corrected chi connectivity index (χ0v) is 15.5. The van der Waals surface area contributed by atoms with Gasteiger partial charge in [0.05, 0.1) is 7.11 Å². The SMILES string of the molecule is COc1cccc(NC(=O)CCN2CCC(Cc3ccccc3)CC2)c1. The normalized spacial score (nSPS) is 15.6. The van der Waals surface area contributed by atoms with Crippen LogP contribution in [0.25, 0.3) is 0 Å². The molecule has 3 rings (SSSR count). The summed E-state index contributed by atoms with van der Waals surface area (Å²) in [5, 5.41) is 2.95. The molecule has 0 spiro atoms. The predicted molar refractivity (Wildman–Crippen MR) is 106 cm³/mol. The minimum atomic E-state index is 0.0599. The van der Waals surface area contributed by atoms with Gasteiger partial charge >= 0.3 is 0 Å². The van der Waals surface area contributed by atoms with Gasteiger partial charge in [0, 0.05) is 24.7 Å². The van der Waals surface area contributed by atoms with E-state index in [1.807, 2.05) is 24.3 Å². The summed E-state index contributed by atoms with van der Waals surface area (Å²) in [6, 6.07) is 18.2. The van der Waals surface area contributed by atoms with Gasteiger partial charge in [-0.1, -0.05) is 36.4 Å². The van der Waals surface area contributed by atoms with E-state index in [1.54, 1.807) is 7.11 Å². The van der Waals surface area contributed by atoms with Crippen molar-refractivity contribution in [3.05, 3.63) is 60.2 Å². The third-order valence-electron chi connectivity index (χ3n) is 5.08. The fraction of sp³-hybridized carbons (Fsp3) is 0.409. The number of anilines is 1. The van der Waals surface area contributed by atoms with Gasteiger partial charge in [0.2, 0.25) is 5.91 Å². The molecule has 0 aliphatic carbocycles. The summed E-state index contributed by atoms with van der Waals surface area (Å²) in [7, 11) is 1.63. The first-order chi connectivity index (χ1) is 12.7. The number of nitrogens with zero attached hydrogens (tertiary/aromatic N) is 1. The van der Waals surface area contributed by atoms with Gasteiger partial charge in [-0.15, -0.1) is 0 Å². The molecule has 1 amide bonds. The summed E-state index contributed by atoms with van der Waals surface area (Å²) in [6.07, 6.45) is 4.13. The van der Waals surface area contributed by atoms with Gasteiger partial charge in [-0.25, -0.2) is 0 Å². The molecule has 1 fully saturated rings. The Hall–Kier alpha value is -2.33. The quantitative estimate of drug-likeness (QED) is 0.819. The number of carbonyl (C=O) groups is 1. The minimum Gasteiger partial charge on any atom is -0.497 e. The number of amides is 1. The first-order valence-electron chi connectivity index (χ1n) is 9.43. The van der Waals surface area contributed by atoms with Gasteiger partial charge < -0.3 is 15.0 Å². The zero-order valence-electron chi connectivity index (χ0n) is 15.5. The van der Waals surface area contributed by atoms with Crippen LogP contribution in [-0.4, -0.2) is 37.6 Å². The van der Waals surface area contributed by atoms with Crippen LogP contribution in [-0.2, 0) is 11.2 Å². The number of ether oxygens (including phenoxy) is 1. The lowest BCUT2D eigenvalue weighted by Crippen LogP contribution is -2.36. The molecule has 0 aromatic heterocycles. The molecule has 1 aliphatic heterocycles. The van der Waals surface area contributed by atoms with Gasteiger partial charge in [-0.05, 0) is 56.0 Å². The van der Waals surface area contributed by atoms with E-state index < -0.39 is 0 Å². The maximum Gasteiger partial charge on any atom is 0.225 e. The van der Waals surface area contributed by atoms with E-state index in [4.69, 9.17) is 4.74 Å². The Morgan fingerprint density at radius 3 is 2.62 bits per heavy atom. The maximum absolute atomic E-state index is 12.2. The average molecular weight is 352 g/mol. The van der Waals surface area contributed by atoms with E-state index >= 15 is 0 Å². The van der Waals surface area contributed by atoms with E-state index in [0.29, 0.717) is 6.42 Å². The van der Waals surface area contributed by atoms with Crippen LogP contribution in [0.4, 0.5) is 5.69 Å². The van der Waals surface area contributed by atoms with Crippen molar-refractivity contribution in [1.82, 2.24) is 4.90 Å². The molecule has 0 atom stereocenters. The summed E-state index contributed by atoms with van der Waals surface area (Å²) in [4.78, 5) is 14.6. The van der Waals surface area contributed by atoms with Crippen molar-refractivity contribution in [3.63, 3.8) is 0 Å².